The van der Waals surface area contributed by atoms with Crippen LogP contribution in [0.4, 0.5) is 11.4 Å². The number of nitrogen functional groups attached to an aromatic ring is 1. The Balaban J connectivity index is 1.93. The Labute approximate surface area is 112 Å². The summed E-state index contributed by atoms with van der Waals surface area (Å²) < 4.78 is 0. The largest absolute Gasteiger partial charge is 0.399 e. The van der Waals surface area contributed by atoms with Gasteiger partial charge in [-0.05, 0) is 35.7 Å². The number of benzene rings is 1. The van der Waals surface area contributed by atoms with E-state index in [0.717, 1.165) is 16.9 Å². The second kappa shape index (κ2) is 6.00. The number of nitrogens with one attached hydrogen (secondary N) is 1. The molecule has 4 nitrogen and oxygen atoms in total. The Morgan fingerprint density at radius 1 is 1.32 bits per heavy atom. The molecule has 0 saturated carbocycles. The van der Waals surface area contributed by atoms with Gasteiger partial charge in [0, 0.05) is 18.3 Å². The first-order valence-corrected chi connectivity index (χ1v) is 6.20. The van der Waals surface area contributed by atoms with Crippen LogP contribution in [0.5, 0.6) is 0 Å². The number of rotatable bonds is 4. The molecule has 0 fully saturated rings. The first kappa shape index (κ1) is 13.1. The van der Waals surface area contributed by atoms with E-state index < -0.39 is 0 Å². The fourth-order valence-electron chi connectivity index (χ4n) is 1.87. The lowest BCUT2D eigenvalue weighted by Crippen LogP contribution is -2.14. The van der Waals surface area contributed by atoms with E-state index in [1.54, 1.807) is 18.5 Å². The van der Waals surface area contributed by atoms with Crippen molar-refractivity contribution in [3.63, 3.8) is 0 Å². The first-order valence-electron chi connectivity index (χ1n) is 6.20. The molecule has 2 aromatic rings. The summed E-state index contributed by atoms with van der Waals surface area (Å²) in [7, 11) is 0. The molecule has 4 heteroatoms. The highest BCUT2D eigenvalue weighted by Gasteiger charge is 2.11. The Morgan fingerprint density at radius 2 is 2.05 bits per heavy atom. The molecule has 1 unspecified atom stereocenters. The summed E-state index contributed by atoms with van der Waals surface area (Å²) in [6, 6.07) is 11.2. The van der Waals surface area contributed by atoms with Crippen LogP contribution in [0.2, 0.25) is 0 Å². The van der Waals surface area contributed by atoms with E-state index >= 15 is 0 Å². The summed E-state index contributed by atoms with van der Waals surface area (Å²) in [5, 5.41) is 2.83. The maximum absolute atomic E-state index is 11.9. The van der Waals surface area contributed by atoms with Crippen LogP contribution < -0.4 is 11.1 Å². The summed E-state index contributed by atoms with van der Waals surface area (Å²) in [5.74, 6) is 0.134. The van der Waals surface area contributed by atoms with Gasteiger partial charge in [-0.2, -0.15) is 0 Å². The van der Waals surface area contributed by atoms with Gasteiger partial charge < -0.3 is 11.1 Å². The zero-order valence-corrected chi connectivity index (χ0v) is 10.8. The summed E-state index contributed by atoms with van der Waals surface area (Å²) in [6.07, 6.45) is 3.73. The van der Waals surface area contributed by atoms with Crippen molar-refractivity contribution in [3.05, 3.63) is 54.4 Å². The minimum atomic E-state index is -0.0164. The van der Waals surface area contributed by atoms with Crippen molar-refractivity contribution < 1.29 is 4.79 Å². The smallest absolute Gasteiger partial charge is 0.225 e. The van der Waals surface area contributed by atoms with Crippen LogP contribution in [0.1, 0.15) is 24.8 Å². The van der Waals surface area contributed by atoms with Crippen molar-refractivity contribution in [3.8, 4) is 0 Å². The van der Waals surface area contributed by atoms with E-state index in [0.29, 0.717) is 6.42 Å². The SMILES string of the molecule is CC(CC(=O)Nc1cccnc1)c1ccc(N)cc1. The second-order valence-corrected chi connectivity index (χ2v) is 4.56. The van der Waals surface area contributed by atoms with Gasteiger partial charge in [0.1, 0.15) is 0 Å². The molecule has 19 heavy (non-hydrogen) atoms. The molecule has 1 aromatic carbocycles. The zero-order valence-electron chi connectivity index (χ0n) is 10.8. The molecule has 0 spiro atoms. The number of aromatic nitrogens is 1. The molecule has 0 aliphatic carbocycles. The maximum atomic E-state index is 11.9. The standard InChI is InChI=1S/C15H17N3O/c1-11(12-4-6-13(16)7-5-12)9-15(19)18-14-3-2-8-17-10-14/h2-8,10-11H,9,16H2,1H3,(H,18,19). The van der Waals surface area contributed by atoms with Crippen LogP contribution in [-0.2, 0) is 4.79 Å². The number of hydrogen-bond acceptors (Lipinski definition) is 3. The Bertz CT molecular complexity index is 537. The van der Waals surface area contributed by atoms with Crippen molar-refractivity contribution >= 4 is 17.3 Å². The first-order chi connectivity index (χ1) is 9.15. The van der Waals surface area contributed by atoms with Crippen molar-refractivity contribution in [2.75, 3.05) is 11.1 Å². The van der Waals surface area contributed by atoms with E-state index in [9.17, 15) is 4.79 Å². The molecule has 1 aromatic heterocycles. The predicted molar refractivity (Wildman–Crippen MR) is 76.8 cm³/mol. The maximum Gasteiger partial charge on any atom is 0.225 e. The number of nitrogens with zero attached hydrogens (tertiary/aromatic N) is 1. The number of amides is 1. The van der Waals surface area contributed by atoms with Crippen molar-refractivity contribution in [1.29, 1.82) is 0 Å². The van der Waals surface area contributed by atoms with Gasteiger partial charge in [-0.15, -0.1) is 0 Å². The topological polar surface area (TPSA) is 68.0 Å². The van der Waals surface area contributed by atoms with Crippen LogP contribution >= 0.6 is 0 Å². The zero-order chi connectivity index (χ0) is 13.7. The van der Waals surface area contributed by atoms with Gasteiger partial charge in [0.25, 0.3) is 0 Å². The molecule has 98 valence electrons. The monoisotopic (exact) mass is 255 g/mol. The summed E-state index contributed by atoms with van der Waals surface area (Å²) in [4.78, 5) is 15.9. The minimum absolute atomic E-state index is 0.0164. The van der Waals surface area contributed by atoms with E-state index in [1.165, 1.54) is 0 Å². The summed E-state index contributed by atoms with van der Waals surface area (Å²) in [6.45, 7) is 2.02. The molecule has 0 radical (unpaired) electrons. The molecular formula is C15H17N3O. The number of pyridine rings is 1. The lowest BCUT2D eigenvalue weighted by molar-refractivity contribution is -0.116. The van der Waals surface area contributed by atoms with Crippen LogP contribution in [0.25, 0.3) is 0 Å². The quantitative estimate of drug-likeness (QED) is 0.825. The third kappa shape index (κ3) is 3.81. The highest BCUT2D eigenvalue weighted by atomic mass is 16.1. The third-order valence-electron chi connectivity index (χ3n) is 2.94. The van der Waals surface area contributed by atoms with Crippen molar-refractivity contribution in [1.82, 2.24) is 4.98 Å². The lowest BCUT2D eigenvalue weighted by atomic mass is 9.97. The summed E-state index contributed by atoms with van der Waals surface area (Å²) in [5.41, 5.74) is 8.20. The van der Waals surface area contributed by atoms with Gasteiger partial charge in [-0.25, -0.2) is 0 Å². The van der Waals surface area contributed by atoms with Crippen molar-refractivity contribution in [2.45, 2.75) is 19.3 Å². The van der Waals surface area contributed by atoms with E-state index in [1.807, 2.05) is 37.3 Å². The third-order valence-corrected chi connectivity index (χ3v) is 2.94. The van der Waals surface area contributed by atoms with Crippen LogP contribution in [0.15, 0.2) is 48.8 Å². The molecule has 1 atom stereocenters. The molecule has 0 aliphatic heterocycles. The average Bonchev–Trinajstić information content (AvgIpc) is 2.40. The molecule has 1 heterocycles. The van der Waals surface area contributed by atoms with Crippen molar-refractivity contribution in [2.24, 2.45) is 0 Å². The van der Waals surface area contributed by atoms with Gasteiger partial charge in [-0.3, -0.25) is 9.78 Å². The van der Waals surface area contributed by atoms with Gasteiger partial charge in [0.15, 0.2) is 0 Å². The number of anilines is 2. The normalized spacial score (nSPS) is 11.8. The molecule has 0 saturated heterocycles. The fourth-order valence-corrected chi connectivity index (χ4v) is 1.87. The van der Waals surface area contributed by atoms with Crippen LogP contribution in [0.3, 0.4) is 0 Å². The number of carbonyl (C=O) groups excluding carboxylic acids is 1. The summed E-state index contributed by atoms with van der Waals surface area (Å²) >= 11 is 0. The molecule has 2 rings (SSSR count). The molecular weight excluding hydrogens is 238 g/mol. The second-order valence-electron chi connectivity index (χ2n) is 4.56. The number of carbonyl (C=O) groups is 1. The number of hydrogen-bond donors (Lipinski definition) is 2. The Hall–Kier alpha value is -2.36. The fraction of sp³-hybridized carbons (Fsp3) is 0.200. The molecule has 0 aliphatic rings. The highest BCUT2D eigenvalue weighted by molar-refractivity contribution is 5.91. The van der Waals surface area contributed by atoms with Gasteiger partial charge in [-0.1, -0.05) is 19.1 Å². The highest BCUT2D eigenvalue weighted by Crippen LogP contribution is 2.20. The lowest BCUT2D eigenvalue weighted by Gasteiger charge is -2.12. The molecule has 3 N–H and O–H groups in total. The van der Waals surface area contributed by atoms with Gasteiger partial charge in [0.2, 0.25) is 5.91 Å². The van der Waals surface area contributed by atoms with E-state index in [2.05, 4.69) is 10.3 Å². The van der Waals surface area contributed by atoms with E-state index in [-0.39, 0.29) is 11.8 Å². The number of nitrogens with two attached hydrogens (primary N) is 1. The average molecular weight is 255 g/mol. The Morgan fingerprint density at radius 3 is 2.68 bits per heavy atom. The van der Waals surface area contributed by atoms with Gasteiger partial charge >= 0.3 is 0 Å². The van der Waals surface area contributed by atoms with E-state index in [4.69, 9.17) is 5.73 Å². The molecule has 0 bridgehead atoms. The minimum Gasteiger partial charge on any atom is -0.399 e. The van der Waals surface area contributed by atoms with Crippen LogP contribution in [0, 0.1) is 0 Å². The Kier molecular flexibility index (Phi) is 4.13. The predicted octanol–water partition coefficient (Wildman–Crippen LogP) is 2.80. The molecule has 1 amide bonds. The van der Waals surface area contributed by atoms with Gasteiger partial charge in [0.05, 0.1) is 11.9 Å². The van der Waals surface area contributed by atoms with Crippen LogP contribution in [-0.4, -0.2) is 10.9 Å².